The highest BCUT2D eigenvalue weighted by Gasteiger charge is 2.21. The van der Waals surface area contributed by atoms with Gasteiger partial charge >= 0.3 is 0 Å². The topological polar surface area (TPSA) is 115 Å². The summed E-state index contributed by atoms with van der Waals surface area (Å²) in [6.45, 7) is 5.87. The number of rotatable bonds is 13. The van der Waals surface area contributed by atoms with E-state index in [1.165, 1.54) is 16.5 Å². The fraction of sp³-hybridized carbons (Fsp3) is 0.344. The van der Waals surface area contributed by atoms with Crippen molar-refractivity contribution in [1.82, 2.24) is 24.8 Å². The van der Waals surface area contributed by atoms with Crippen molar-refractivity contribution in [2.75, 3.05) is 56.7 Å². The van der Waals surface area contributed by atoms with Gasteiger partial charge in [0.1, 0.15) is 11.9 Å². The molecule has 2 amide bonds. The monoisotopic (exact) mass is 568 g/mol. The fourth-order valence-electron chi connectivity index (χ4n) is 3.71. The van der Waals surface area contributed by atoms with Crippen LogP contribution in [0.5, 0.6) is 0 Å². The Balaban J connectivity index is 1.66. The van der Waals surface area contributed by atoms with Gasteiger partial charge in [-0.1, -0.05) is 30.9 Å². The predicted molar refractivity (Wildman–Crippen MR) is 168 cm³/mol. The summed E-state index contributed by atoms with van der Waals surface area (Å²) in [5, 5.41) is 9.50. The number of anilines is 3. The van der Waals surface area contributed by atoms with Crippen LogP contribution in [0.15, 0.2) is 67.1 Å². The summed E-state index contributed by atoms with van der Waals surface area (Å²) in [7, 11) is 5.45. The Labute approximate surface area is 248 Å². The van der Waals surface area contributed by atoms with E-state index < -0.39 is 6.04 Å². The smallest absolute Gasteiger partial charge is 0.246 e. The number of likely N-dealkylation sites (N-methyl/N-ethyl adjacent to an activating group) is 2. The molecule has 1 atom stereocenters. The summed E-state index contributed by atoms with van der Waals surface area (Å²) in [6, 6.07) is 10.6. The number of nitrogens with zero attached hydrogens (tertiary/aromatic N) is 5. The van der Waals surface area contributed by atoms with E-state index in [1.807, 2.05) is 43.3 Å². The number of aromatic nitrogens is 3. The molecule has 0 radical (unpaired) electrons. The summed E-state index contributed by atoms with van der Waals surface area (Å²) < 4.78 is 0. The highest BCUT2D eigenvalue weighted by Crippen LogP contribution is 2.15. The van der Waals surface area contributed by atoms with Gasteiger partial charge in [0.2, 0.25) is 17.8 Å². The summed E-state index contributed by atoms with van der Waals surface area (Å²) in [6.07, 6.45) is 10.3. The van der Waals surface area contributed by atoms with Crippen LogP contribution in [0.3, 0.4) is 0 Å². The van der Waals surface area contributed by atoms with Gasteiger partial charge in [-0.25, -0.2) is 4.98 Å². The Morgan fingerprint density at radius 2 is 1.83 bits per heavy atom. The molecule has 220 valence electrons. The van der Waals surface area contributed by atoms with Crippen molar-refractivity contribution in [2.45, 2.75) is 32.7 Å². The van der Waals surface area contributed by atoms with Gasteiger partial charge in [0.15, 0.2) is 0 Å². The van der Waals surface area contributed by atoms with Crippen LogP contribution in [-0.4, -0.2) is 83.4 Å². The van der Waals surface area contributed by atoms with E-state index in [2.05, 4.69) is 49.7 Å². The van der Waals surface area contributed by atoms with Crippen molar-refractivity contribution in [2.24, 2.45) is 0 Å². The van der Waals surface area contributed by atoms with E-state index >= 15 is 0 Å². The van der Waals surface area contributed by atoms with Crippen LogP contribution in [0, 0.1) is 11.8 Å². The third kappa shape index (κ3) is 10.3. The molecule has 0 spiro atoms. The van der Waals surface area contributed by atoms with Gasteiger partial charge in [-0.3, -0.25) is 14.6 Å². The zero-order valence-corrected chi connectivity index (χ0v) is 25.0. The first-order valence-corrected chi connectivity index (χ1v) is 14.0. The summed E-state index contributed by atoms with van der Waals surface area (Å²) in [4.78, 5) is 41.8. The maximum absolute atomic E-state index is 12.9. The van der Waals surface area contributed by atoms with E-state index in [9.17, 15) is 9.59 Å². The number of amides is 2. The molecular weight excluding hydrogens is 528 g/mol. The van der Waals surface area contributed by atoms with Crippen molar-refractivity contribution in [3.05, 3.63) is 83.8 Å². The molecule has 3 rings (SSSR count). The molecule has 2 aromatic heterocycles. The number of hydrogen-bond acceptors (Lipinski definition) is 8. The molecule has 3 N–H and O–H groups in total. The van der Waals surface area contributed by atoms with Gasteiger partial charge in [0, 0.05) is 56.4 Å². The lowest BCUT2D eigenvalue weighted by molar-refractivity contribution is -0.132. The van der Waals surface area contributed by atoms with Crippen molar-refractivity contribution < 1.29 is 9.59 Å². The molecule has 10 heteroatoms. The van der Waals surface area contributed by atoms with E-state index in [0.29, 0.717) is 36.1 Å². The molecule has 0 bridgehead atoms. The molecule has 0 aliphatic rings. The van der Waals surface area contributed by atoms with Gasteiger partial charge in [-0.05, 0) is 69.8 Å². The van der Waals surface area contributed by atoms with E-state index in [0.717, 1.165) is 24.9 Å². The zero-order valence-electron chi connectivity index (χ0n) is 25.0. The first kappa shape index (κ1) is 31.8. The summed E-state index contributed by atoms with van der Waals surface area (Å²) in [5.74, 6) is 6.99. The Bertz CT molecular complexity index is 1410. The van der Waals surface area contributed by atoms with Gasteiger partial charge in [-0.15, -0.1) is 0 Å². The quantitative estimate of drug-likeness (QED) is 0.211. The number of hydrogen-bond donors (Lipinski definition) is 3. The molecule has 1 aromatic carbocycles. The minimum Gasteiger partial charge on any atom is -0.369 e. The van der Waals surface area contributed by atoms with Crippen molar-refractivity contribution in [3.63, 3.8) is 0 Å². The van der Waals surface area contributed by atoms with E-state index in [1.54, 1.807) is 50.8 Å². The zero-order chi connectivity index (χ0) is 30.3. The average molecular weight is 569 g/mol. The van der Waals surface area contributed by atoms with Crippen LogP contribution in [0.1, 0.15) is 37.0 Å². The Morgan fingerprint density at radius 1 is 1.05 bits per heavy atom. The highest BCUT2D eigenvalue weighted by molar-refractivity contribution is 5.98. The lowest BCUT2D eigenvalue weighted by Crippen LogP contribution is -2.42. The summed E-state index contributed by atoms with van der Waals surface area (Å²) >= 11 is 0. The van der Waals surface area contributed by atoms with Crippen LogP contribution in [-0.2, 0) is 16.0 Å². The van der Waals surface area contributed by atoms with Gasteiger partial charge in [0.05, 0.1) is 11.8 Å². The van der Waals surface area contributed by atoms with Crippen molar-refractivity contribution in [3.8, 4) is 11.8 Å². The third-order valence-corrected chi connectivity index (χ3v) is 6.29. The molecular formula is C32H40N8O2. The lowest BCUT2D eigenvalue weighted by Gasteiger charge is -2.23. The number of benzene rings is 1. The second kappa shape index (κ2) is 16.5. The molecule has 3 aromatic rings. The first-order valence-electron chi connectivity index (χ1n) is 14.0. The number of nitrogens with one attached hydrogen (secondary N) is 3. The van der Waals surface area contributed by atoms with E-state index in [-0.39, 0.29) is 11.8 Å². The molecule has 10 nitrogen and oxygen atoms in total. The minimum atomic E-state index is -0.655. The minimum absolute atomic E-state index is 0.233. The van der Waals surface area contributed by atoms with Crippen molar-refractivity contribution in [1.29, 1.82) is 0 Å². The average Bonchev–Trinajstić information content (AvgIpc) is 2.99. The molecule has 2 heterocycles. The molecule has 0 fully saturated rings. The molecule has 0 saturated carbocycles. The molecule has 0 unspecified atom stereocenters. The molecule has 0 aliphatic carbocycles. The maximum Gasteiger partial charge on any atom is 0.246 e. The predicted octanol–water partition coefficient (Wildman–Crippen LogP) is 3.65. The van der Waals surface area contributed by atoms with Crippen LogP contribution in [0.4, 0.5) is 17.5 Å². The van der Waals surface area contributed by atoms with Gasteiger partial charge < -0.3 is 25.8 Å². The molecule has 42 heavy (non-hydrogen) atoms. The lowest BCUT2D eigenvalue weighted by atomic mass is 10.1. The standard InChI is InChI=1S/C32H40N8O2/c1-6-17-34-30-27(23-36-32(38-30)35-20-16-25-14-18-33-19-15-25)13-12-26-9-7-10-28(22-26)37-31(42)24(2)40(5)29(41)11-8-21-39(3)4/h7-11,14-15,18-19,22-24H,6,16-17,20-21H2,1-5H3,(H,37,42)(H2,34,35,36,38)/t24-/m0/s1. The van der Waals surface area contributed by atoms with E-state index in [4.69, 9.17) is 0 Å². The number of pyridine rings is 1. The fourth-order valence-corrected chi connectivity index (χ4v) is 3.71. The van der Waals surface area contributed by atoms with Crippen molar-refractivity contribution >= 4 is 29.3 Å². The van der Waals surface area contributed by atoms with Gasteiger partial charge in [-0.2, -0.15) is 4.98 Å². The van der Waals surface area contributed by atoms with Crippen LogP contribution in [0.2, 0.25) is 0 Å². The largest absolute Gasteiger partial charge is 0.369 e. The summed E-state index contributed by atoms with van der Waals surface area (Å²) in [5.41, 5.74) is 3.17. The molecule has 0 aliphatic heterocycles. The van der Waals surface area contributed by atoms with Gasteiger partial charge in [0.25, 0.3) is 0 Å². The second-order valence-corrected chi connectivity index (χ2v) is 10.0. The SMILES string of the molecule is CCCNc1nc(NCCc2ccncc2)ncc1C#Cc1cccc(NC(=O)[C@H](C)N(C)C(=O)C=CCN(C)C)c1. The second-order valence-electron chi connectivity index (χ2n) is 10.0. The van der Waals surface area contributed by atoms with Crippen LogP contribution >= 0.6 is 0 Å². The number of carbonyl (C=O) groups is 2. The number of carbonyl (C=O) groups excluding carboxylic acids is 2. The van der Waals surface area contributed by atoms with Crippen LogP contribution in [0.25, 0.3) is 0 Å². The Hall–Kier alpha value is -4.75. The Kier molecular flexibility index (Phi) is 12.5. The molecule has 0 saturated heterocycles. The maximum atomic E-state index is 12.9. The van der Waals surface area contributed by atoms with Crippen LogP contribution < -0.4 is 16.0 Å². The Morgan fingerprint density at radius 3 is 2.57 bits per heavy atom. The highest BCUT2D eigenvalue weighted by atomic mass is 16.2. The normalized spacial score (nSPS) is 11.5. The first-order chi connectivity index (χ1) is 20.3. The third-order valence-electron chi connectivity index (χ3n) is 6.29.